The van der Waals surface area contributed by atoms with Crippen LogP contribution in [-0.4, -0.2) is 36.1 Å². The van der Waals surface area contributed by atoms with Crippen LogP contribution < -0.4 is 0 Å². The van der Waals surface area contributed by atoms with Crippen molar-refractivity contribution in [1.29, 1.82) is 0 Å². The second-order valence-corrected chi connectivity index (χ2v) is 6.46. The van der Waals surface area contributed by atoms with E-state index in [1.54, 1.807) is 0 Å². The SMILES string of the molecule is CCOC(=O)CC(C)(CCC(C)C)N1CCCCC1. The number of ether oxygens (including phenoxy) is 1. The van der Waals surface area contributed by atoms with E-state index in [9.17, 15) is 4.79 Å². The van der Waals surface area contributed by atoms with Crippen molar-refractivity contribution < 1.29 is 9.53 Å². The molecular formula is C16H31NO2. The van der Waals surface area contributed by atoms with E-state index in [2.05, 4.69) is 25.7 Å². The van der Waals surface area contributed by atoms with Crippen LogP contribution in [0.2, 0.25) is 0 Å². The Bertz CT molecular complexity index is 272. The first-order valence-corrected chi connectivity index (χ1v) is 7.88. The van der Waals surface area contributed by atoms with Crippen molar-refractivity contribution in [3.05, 3.63) is 0 Å². The third kappa shape index (κ3) is 5.52. The highest BCUT2D eigenvalue weighted by Crippen LogP contribution is 2.30. The van der Waals surface area contributed by atoms with Gasteiger partial charge in [-0.15, -0.1) is 0 Å². The van der Waals surface area contributed by atoms with E-state index in [1.807, 2.05) is 6.92 Å². The van der Waals surface area contributed by atoms with Gasteiger partial charge in [0.05, 0.1) is 13.0 Å². The lowest BCUT2D eigenvalue weighted by Crippen LogP contribution is -2.50. The lowest BCUT2D eigenvalue weighted by Gasteiger charge is -2.43. The van der Waals surface area contributed by atoms with Gasteiger partial charge in [0.15, 0.2) is 0 Å². The Kier molecular flexibility index (Phi) is 6.84. The highest BCUT2D eigenvalue weighted by Gasteiger charge is 2.35. The van der Waals surface area contributed by atoms with Crippen LogP contribution in [0.4, 0.5) is 0 Å². The monoisotopic (exact) mass is 269 g/mol. The quantitative estimate of drug-likeness (QED) is 0.661. The maximum Gasteiger partial charge on any atom is 0.307 e. The summed E-state index contributed by atoms with van der Waals surface area (Å²) in [6, 6.07) is 0. The number of hydrogen-bond donors (Lipinski definition) is 0. The molecule has 1 aliphatic heterocycles. The van der Waals surface area contributed by atoms with Gasteiger partial charge in [-0.05, 0) is 58.5 Å². The van der Waals surface area contributed by atoms with Crippen molar-refractivity contribution >= 4 is 5.97 Å². The molecule has 0 aromatic heterocycles. The van der Waals surface area contributed by atoms with E-state index in [4.69, 9.17) is 4.74 Å². The molecule has 0 saturated carbocycles. The molecule has 0 aromatic rings. The first kappa shape index (κ1) is 16.5. The van der Waals surface area contributed by atoms with Crippen molar-refractivity contribution in [3.63, 3.8) is 0 Å². The fourth-order valence-electron chi connectivity index (χ4n) is 2.91. The molecule has 1 atom stereocenters. The van der Waals surface area contributed by atoms with Crippen LogP contribution in [0, 0.1) is 5.92 Å². The molecule has 1 heterocycles. The minimum Gasteiger partial charge on any atom is -0.466 e. The molecule has 0 spiro atoms. The molecule has 0 aromatic carbocycles. The predicted octanol–water partition coefficient (Wildman–Crippen LogP) is 3.62. The van der Waals surface area contributed by atoms with E-state index in [1.165, 1.54) is 25.7 Å². The van der Waals surface area contributed by atoms with E-state index < -0.39 is 0 Å². The summed E-state index contributed by atoms with van der Waals surface area (Å²) in [6.45, 7) is 11.4. The molecular weight excluding hydrogens is 238 g/mol. The third-order valence-electron chi connectivity index (χ3n) is 4.21. The summed E-state index contributed by atoms with van der Waals surface area (Å²) < 4.78 is 5.17. The largest absolute Gasteiger partial charge is 0.466 e. The average Bonchev–Trinajstić information content (AvgIpc) is 2.38. The van der Waals surface area contributed by atoms with Gasteiger partial charge in [0.2, 0.25) is 0 Å². The lowest BCUT2D eigenvalue weighted by atomic mass is 9.85. The predicted molar refractivity (Wildman–Crippen MR) is 79.2 cm³/mol. The maximum atomic E-state index is 11.9. The lowest BCUT2D eigenvalue weighted by molar-refractivity contribution is -0.146. The topological polar surface area (TPSA) is 29.5 Å². The summed E-state index contributed by atoms with van der Waals surface area (Å²) in [7, 11) is 0. The molecule has 3 nitrogen and oxygen atoms in total. The number of piperidine rings is 1. The Balaban J connectivity index is 2.66. The van der Waals surface area contributed by atoms with E-state index in [-0.39, 0.29) is 11.5 Å². The molecule has 1 aliphatic rings. The maximum absolute atomic E-state index is 11.9. The second kappa shape index (κ2) is 7.88. The van der Waals surface area contributed by atoms with Crippen LogP contribution in [-0.2, 0) is 9.53 Å². The van der Waals surface area contributed by atoms with Gasteiger partial charge in [0, 0.05) is 5.54 Å². The highest BCUT2D eigenvalue weighted by molar-refractivity contribution is 5.70. The standard InChI is InChI=1S/C16H31NO2/c1-5-19-15(18)13-16(4,10-9-14(2)3)17-11-7-6-8-12-17/h14H,5-13H2,1-4H3. The molecule has 112 valence electrons. The minimum atomic E-state index is -0.0423. The average molecular weight is 269 g/mol. The zero-order valence-corrected chi connectivity index (χ0v) is 13.2. The normalized spacial score (nSPS) is 20.3. The van der Waals surface area contributed by atoms with Crippen LogP contribution in [0.1, 0.15) is 66.2 Å². The number of carbonyl (C=O) groups is 1. The smallest absolute Gasteiger partial charge is 0.307 e. The van der Waals surface area contributed by atoms with Gasteiger partial charge in [0.25, 0.3) is 0 Å². The third-order valence-corrected chi connectivity index (χ3v) is 4.21. The zero-order valence-electron chi connectivity index (χ0n) is 13.2. The molecule has 0 N–H and O–H groups in total. The van der Waals surface area contributed by atoms with Crippen molar-refractivity contribution in [1.82, 2.24) is 4.90 Å². The molecule has 19 heavy (non-hydrogen) atoms. The number of likely N-dealkylation sites (tertiary alicyclic amines) is 1. The second-order valence-electron chi connectivity index (χ2n) is 6.46. The Morgan fingerprint density at radius 3 is 2.42 bits per heavy atom. The van der Waals surface area contributed by atoms with Gasteiger partial charge in [-0.3, -0.25) is 9.69 Å². The molecule has 1 rings (SSSR count). The van der Waals surface area contributed by atoms with Gasteiger partial charge in [-0.1, -0.05) is 20.3 Å². The molecule has 0 radical (unpaired) electrons. The highest BCUT2D eigenvalue weighted by atomic mass is 16.5. The molecule has 1 saturated heterocycles. The fraction of sp³-hybridized carbons (Fsp3) is 0.938. The summed E-state index contributed by atoms with van der Waals surface area (Å²) in [6.07, 6.45) is 6.65. The van der Waals surface area contributed by atoms with E-state index in [0.29, 0.717) is 18.9 Å². The zero-order chi connectivity index (χ0) is 14.3. The molecule has 0 aliphatic carbocycles. The van der Waals surface area contributed by atoms with Crippen LogP contribution in [0.5, 0.6) is 0 Å². The first-order chi connectivity index (χ1) is 8.98. The van der Waals surface area contributed by atoms with Crippen LogP contribution in [0.25, 0.3) is 0 Å². The Morgan fingerprint density at radius 2 is 1.89 bits per heavy atom. The summed E-state index contributed by atoms with van der Waals surface area (Å²) in [4.78, 5) is 14.4. The van der Waals surface area contributed by atoms with Crippen molar-refractivity contribution in [2.45, 2.75) is 71.8 Å². The summed E-state index contributed by atoms with van der Waals surface area (Å²) in [5, 5.41) is 0. The summed E-state index contributed by atoms with van der Waals surface area (Å²) in [5.74, 6) is 0.644. The summed E-state index contributed by atoms with van der Waals surface area (Å²) >= 11 is 0. The number of carbonyl (C=O) groups excluding carboxylic acids is 1. The van der Waals surface area contributed by atoms with Crippen molar-refractivity contribution in [2.75, 3.05) is 19.7 Å². The molecule has 1 fully saturated rings. The molecule has 3 heteroatoms. The van der Waals surface area contributed by atoms with Crippen LogP contribution in [0.15, 0.2) is 0 Å². The minimum absolute atomic E-state index is 0.0169. The Labute approximate surface area is 118 Å². The number of nitrogens with zero attached hydrogens (tertiary/aromatic N) is 1. The molecule has 1 unspecified atom stereocenters. The van der Waals surface area contributed by atoms with Crippen molar-refractivity contribution in [2.24, 2.45) is 5.92 Å². The molecule has 0 amide bonds. The Morgan fingerprint density at radius 1 is 1.26 bits per heavy atom. The number of hydrogen-bond acceptors (Lipinski definition) is 3. The van der Waals surface area contributed by atoms with Crippen LogP contribution in [0.3, 0.4) is 0 Å². The van der Waals surface area contributed by atoms with Gasteiger partial charge in [-0.25, -0.2) is 0 Å². The number of esters is 1. The van der Waals surface area contributed by atoms with Gasteiger partial charge in [0.1, 0.15) is 0 Å². The fourth-order valence-corrected chi connectivity index (χ4v) is 2.91. The first-order valence-electron chi connectivity index (χ1n) is 7.88. The Hall–Kier alpha value is -0.570. The summed E-state index contributed by atoms with van der Waals surface area (Å²) in [5.41, 5.74) is -0.0169. The van der Waals surface area contributed by atoms with Gasteiger partial charge >= 0.3 is 5.97 Å². The molecule has 0 bridgehead atoms. The van der Waals surface area contributed by atoms with Gasteiger partial charge < -0.3 is 4.74 Å². The van der Waals surface area contributed by atoms with Crippen LogP contribution >= 0.6 is 0 Å². The number of rotatable bonds is 7. The van der Waals surface area contributed by atoms with E-state index in [0.717, 1.165) is 19.5 Å². The van der Waals surface area contributed by atoms with Crippen molar-refractivity contribution in [3.8, 4) is 0 Å². The van der Waals surface area contributed by atoms with Gasteiger partial charge in [-0.2, -0.15) is 0 Å². The van der Waals surface area contributed by atoms with E-state index >= 15 is 0 Å².